The van der Waals surface area contributed by atoms with Crippen LogP contribution in [0.15, 0.2) is 24.3 Å². The van der Waals surface area contributed by atoms with E-state index in [4.69, 9.17) is 0 Å². The van der Waals surface area contributed by atoms with Gasteiger partial charge in [-0.25, -0.2) is 0 Å². The Morgan fingerprint density at radius 3 is 2.43 bits per heavy atom. The fourth-order valence-corrected chi connectivity index (χ4v) is 3.20. The van der Waals surface area contributed by atoms with Gasteiger partial charge in [-0.3, -0.25) is 4.79 Å². The van der Waals surface area contributed by atoms with Crippen molar-refractivity contribution < 1.29 is 4.79 Å². The molecular formula is C19H31N3O. The summed E-state index contributed by atoms with van der Waals surface area (Å²) in [7, 11) is 6.24. The molecule has 0 aromatic heterocycles. The molecule has 128 valence electrons. The minimum atomic E-state index is 0.180. The van der Waals surface area contributed by atoms with Crippen molar-refractivity contribution in [2.24, 2.45) is 5.92 Å². The van der Waals surface area contributed by atoms with Crippen LogP contribution in [-0.2, 0) is 11.2 Å². The van der Waals surface area contributed by atoms with E-state index in [1.54, 1.807) is 0 Å². The fraction of sp³-hybridized carbons (Fsp3) is 0.632. The third-order valence-electron chi connectivity index (χ3n) is 4.71. The largest absolute Gasteiger partial charge is 0.378 e. The van der Waals surface area contributed by atoms with Crippen LogP contribution >= 0.6 is 0 Å². The number of hydrogen-bond donors (Lipinski definition) is 1. The summed E-state index contributed by atoms with van der Waals surface area (Å²) in [6.07, 6.45) is 3.85. The third-order valence-corrected chi connectivity index (χ3v) is 4.71. The highest BCUT2D eigenvalue weighted by Crippen LogP contribution is 2.19. The van der Waals surface area contributed by atoms with Crippen molar-refractivity contribution in [2.45, 2.75) is 38.6 Å². The molecule has 0 spiro atoms. The maximum Gasteiger partial charge on any atom is 0.220 e. The van der Waals surface area contributed by atoms with E-state index in [1.165, 1.54) is 11.3 Å². The lowest BCUT2D eigenvalue weighted by molar-refractivity contribution is -0.122. The zero-order chi connectivity index (χ0) is 16.8. The summed E-state index contributed by atoms with van der Waals surface area (Å²) in [6, 6.07) is 8.73. The van der Waals surface area contributed by atoms with Crippen molar-refractivity contribution in [1.82, 2.24) is 10.2 Å². The summed E-state index contributed by atoms with van der Waals surface area (Å²) in [4.78, 5) is 16.6. The Balaban J connectivity index is 1.75. The molecule has 0 radical (unpaired) electrons. The van der Waals surface area contributed by atoms with Crippen molar-refractivity contribution in [1.29, 1.82) is 0 Å². The highest BCUT2D eigenvalue weighted by atomic mass is 16.1. The molecule has 0 aliphatic carbocycles. The predicted octanol–water partition coefficient (Wildman–Crippen LogP) is 2.53. The molecule has 4 heteroatoms. The van der Waals surface area contributed by atoms with Gasteiger partial charge in [0.2, 0.25) is 5.91 Å². The molecule has 1 aromatic carbocycles. The van der Waals surface area contributed by atoms with Crippen LogP contribution in [0.2, 0.25) is 0 Å². The standard InChI is InChI=1S/C19H31N3O/c1-15(13-16-5-7-18(8-6-16)21(2)3)20-19(23)14-17-9-11-22(4)12-10-17/h5-8,15,17H,9-14H2,1-4H3,(H,20,23). The summed E-state index contributed by atoms with van der Waals surface area (Å²) >= 11 is 0. The van der Waals surface area contributed by atoms with Crippen LogP contribution < -0.4 is 10.2 Å². The second kappa shape index (κ2) is 8.34. The van der Waals surface area contributed by atoms with Gasteiger partial charge in [0.25, 0.3) is 0 Å². The minimum Gasteiger partial charge on any atom is -0.378 e. The molecule has 0 bridgehead atoms. The first-order valence-corrected chi connectivity index (χ1v) is 8.68. The molecule has 2 rings (SSSR count). The van der Waals surface area contributed by atoms with Crippen molar-refractivity contribution >= 4 is 11.6 Å². The monoisotopic (exact) mass is 317 g/mol. The van der Waals surface area contributed by atoms with Gasteiger partial charge >= 0.3 is 0 Å². The summed E-state index contributed by atoms with van der Waals surface area (Å²) in [6.45, 7) is 4.32. The number of anilines is 1. The zero-order valence-corrected chi connectivity index (χ0v) is 15.0. The molecule has 1 amide bonds. The zero-order valence-electron chi connectivity index (χ0n) is 15.0. The summed E-state index contributed by atoms with van der Waals surface area (Å²) in [5, 5.41) is 3.16. The Hall–Kier alpha value is -1.55. The first-order valence-electron chi connectivity index (χ1n) is 8.68. The lowest BCUT2D eigenvalue weighted by Gasteiger charge is -2.28. The normalized spacial score (nSPS) is 17.7. The van der Waals surface area contributed by atoms with Gasteiger partial charge in [-0.2, -0.15) is 0 Å². The Morgan fingerprint density at radius 2 is 1.87 bits per heavy atom. The van der Waals surface area contributed by atoms with E-state index in [0.717, 1.165) is 32.4 Å². The fourth-order valence-electron chi connectivity index (χ4n) is 3.20. The van der Waals surface area contributed by atoms with Crippen LogP contribution in [-0.4, -0.2) is 51.1 Å². The molecule has 1 saturated heterocycles. The number of nitrogens with zero attached hydrogens (tertiary/aromatic N) is 2. The molecule has 1 unspecified atom stereocenters. The summed E-state index contributed by atoms with van der Waals surface area (Å²) in [5.74, 6) is 0.759. The van der Waals surface area contributed by atoms with Gasteiger partial charge in [0.1, 0.15) is 0 Å². The van der Waals surface area contributed by atoms with Crippen LogP contribution in [0.1, 0.15) is 31.7 Å². The highest BCUT2D eigenvalue weighted by molar-refractivity contribution is 5.76. The quantitative estimate of drug-likeness (QED) is 0.876. The van der Waals surface area contributed by atoms with E-state index in [2.05, 4.69) is 53.4 Å². The number of benzene rings is 1. The Morgan fingerprint density at radius 1 is 1.26 bits per heavy atom. The van der Waals surface area contributed by atoms with E-state index >= 15 is 0 Å². The van der Waals surface area contributed by atoms with Gasteiger partial charge in [0.05, 0.1) is 0 Å². The second-order valence-electron chi connectivity index (χ2n) is 7.18. The van der Waals surface area contributed by atoms with Gasteiger partial charge < -0.3 is 15.1 Å². The van der Waals surface area contributed by atoms with Gasteiger partial charge in [-0.15, -0.1) is 0 Å². The molecule has 1 heterocycles. The molecule has 0 saturated carbocycles. The van der Waals surface area contributed by atoms with Gasteiger partial charge in [-0.1, -0.05) is 12.1 Å². The van der Waals surface area contributed by atoms with Crippen LogP contribution in [0.5, 0.6) is 0 Å². The number of hydrogen-bond acceptors (Lipinski definition) is 3. The smallest absolute Gasteiger partial charge is 0.220 e. The molecule has 1 N–H and O–H groups in total. The first kappa shape index (κ1) is 17.8. The molecule has 1 atom stereocenters. The number of rotatable bonds is 6. The molecule has 1 aliphatic rings. The average Bonchev–Trinajstić information content (AvgIpc) is 2.50. The third kappa shape index (κ3) is 5.87. The van der Waals surface area contributed by atoms with Crippen molar-refractivity contribution in [3.05, 3.63) is 29.8 Å². The van der Waals surface area contributed by atoms with Gasteiger partial charge in [0.15, 0.2) is 0 Å². The summed E-state index contributed by atoms with van der Waals surface area (Å²) in [5.41, 5.74) is 2.47. The Bertz CT molecular complexity index is 490. The van der Waals surface area contributed by atoms with E-state index in [-0.39, 0.29) is 11.9 Å². The second-order valence-corrected chi connectivity index (χ2v) is 7.18. The lowest BCUT2D eigenvalue weighted by Crippen LogP contribution is -2.37. The number of amides is 1. The maximum absolute atomic E-state index is 12.2. The van der Waals surface area contributed by atoms with Crippen LogP contribution in [0.4, 0.5) is 5.69 Å². The van der Waals surface area contributed by atoms with Gasteiger partial charge in [0, 0.05) is 32.2 Å². The highest BCUT2D eigenvalue weighted by Gasteiger charge is 2.20. The molecule has 1 fully saturated rings. The molecule has 4 nitrogen and oxygen atoms in total. The molecule has 1 aliphatic heterocycles. The SMILES string of the molecule is CC(Cc1ccc(N(C)C)cc1)NC(=O)CC1CCN(C)CC1. The molecule has 1 aromatic rings. The maximum atomic E-state index is 12.2. The lowest BCUT2D eigenvalue weighted by atomic mass is 9.93. The van der Waals surface area contributed by atoms with E-state index in [0.29, 0.717) is 12.3 Å². The van der Waals surface area contributed by atoms with Crippen molar-refractivity contribution in [2.75, 3.05) is 39.1 Å². The van der Waals surface area contributed by atoms with Crippen molar-refractivity contribution in [3.63, 3.8) is 0 Å². The van der Waals surface area contributed by atoms with Crippen LogP contribution in [0.3, 0.4) is 0 Å². The van der Waals surface area contributed by atoms with E-state index < -0.39 is 0 Å². The van der Waals surface area contributed by atoms with Crippen LogP contribution in [0.25, 0.3) is 0 Å². The predicted molar refractivity (Wildman–Crippen MR) is 96.9 cm³/mol. The number of nitrogens with one attached hydrogen (secondary N) is 1. The van der Waals surface area contributed by atoms with E-state index in [9.17, 15) is 4.79 Å². The Labute approximate surface area is 140 Å². The Kier molecular flexibility index (Phi) is 6.46. The number of piperidine rings is 1. The average molecular weight is 317 g/mol. The van der Waals surface area contributed by atoms with Crippen LogP contribution in [0, 0.1) is 5.92 Å². The number of carbonyl (C=O) groups is 1. The minimum absolute atomic E-state index is 0.180. The van der Waals surface area contributed by atoms with E-state index in [1.807, 2.05) is 14.1 Å². The molecular weight excluding hydrogens is 286 g/mol. The topological polar surface area (TPSA) is 35.6 Å². The number of likely N-dealkylation sites (tertiary alicyclic amines) is 1. The first-order chi connectivity index (χ1) is 10.9. The summed E-state index contributed by atoms with van der Waals surface area (Å²) < 4.78 is 0. The van der Waals surface area contributed by atoms with Gasteiger partial charge in [-0.05, 0) is 69.9 Å². The number of carbonyl (C=O) groups excluding carboxylic acids is 1. The van der Waals surface area contributed by atoms with Crippen molar-refractivity contribution in [3.8, 4) is 0 Å². The molecule has 23 heavy (non-hydrogen) atoms.